The molecule has 3 saturated heterocycles. The van der Waals surface area contributed by atoms with Gasteiger partial charge < -0.3 is 19.3 Å². The fraction of sp³-hybridized carbons (Fsp3) is 0.615. The molecular weight excluding hydrogens is 500 g/mol. The Morgan fingerprint density at radius 1 is 1.11 bits per heavy atom. The van der Waals surface area contributed by atoms with Crippen LogP contribution in [0, 0.1) is 0 Å². The van der Waals surface area contributed by atoms with Crippen LogP contribution < -0.4 is 4.74 Å². The van der Waals surface area contributed by atoms with Gasteiger partial charge in [0.15, 0.2) is 0 Å². The third kappa shape index (κ3) is 6.27. The molecule has 1 aromatic heterocycles. The molecule has 1 N–H and O–H groups in total. The number of aromatic nitrogens is 2. The van der Waals surface area contributed by atoms with Crippen LogP contribution >= 0.6 is 11.8 Å². The molecule has 1 aromatic carbocycles. The van der Waals surface area contributed by atoms with Crippen LogP contribution in [0.2, 0.25) is 0 Å². The highest BCUT2D eigenvalue weighted by Crippen LogP contribution is 2.43. The van der Waals surface area contributed by atoms with E-state index in [1.807, 2.05) is 28.0 Å². The van der Waals surface area contributed by atoms with E-state index in [2.05, 4.69) is 15.1 Å². The van der Waals surface area contributed by atoms with Crippen molar-refractivity contribution in [2.24, 2.45) is 0 Å². The second kappa shape index (κ2) is 11.7. The van der Waals surface area contributed by atoms with E-state index in [0.717, 1.165) is 59.4 Å². The molecule has 0 atom stereocenters. The second-order valence-corrected chi connectivity index (χ2v) is 11.0. The Hall–Kier alpha value is -2.21. The first-order valence-electron chi connectivity index (χ1n) is 13.0. The van der Waals surface area contributed by atoms with E-state index in [1.165, 1.54) is 19.3 Å². The van der Waals surface area contributed by atoms with Crippen LogP contribution in [0.5, 0.6) is 5.75 Å². The van der Waals surface area contributed by atoms with Gasteiger partial charge in [-0.05, 0) is 44.1 Å². The number of halogens is 2. The number of rotatable bonds is 5. The number of carbonyl (C=O) groups excluding carboxylic acids is 1. The number of hydrogen-bond acceptors (Lipinski definition) is 7. The molecule has 8 nitrogen and oxygen atoms in total. The minimum Gasteiger partial charge on any atom is -0.497 e. The first kappa shape index (κ1) is 26.4. The van der Waals surface area contributed by atoms with Crippen LogP contribution in [-0.4, -0.2) is 109 Å². The number of hydrogen-bond donors (Lipinski definition) is 1. The Morgan fingerprint density at radius 2 is 1.84 bits per heavy atom. The van der Waals surface area contributed by atoms with Crippen molar-refractivity contribution >= 4 is 17.7 Å². The number of ether oxygens (including phenoxy) is 2. The molecule has 0 saturated carbocycles. The normalized spacial score (nSPS) is 21.2. The predicted octanol–water partition coefficient (Wildman–Crippen LogP) is 3.59. The average molecular weight is 536 g/mol. The minimum absolute atomic E-state index is 0.0135. The highest BCUT2D eigenvalue weighted by molar-refractivity contribution is 7.98. The Kier molecular flexibility index (Phi) is 8.33. The lowest BCUT2D eigenvalue weighted by Gasteiger charge is -2.40. The molecule has 3 fully saturated rings. The van der Waals surface area contributed by atoms with Crippen molar-refractivity contribution in [1.29, 1.82) is 0 Å². The number of likely N-dealkylation sites (tertiary alicyclic amines) is 2. The summed E-state index contributed by atoms with van der Waals surface area (Å²) in [6.45, 7) is 6.50. The predicted molar refractivity (Wildman–Crippen MR) is 139 cm³/mol. The van der Waals surface area contributed by atoms with E-state index in [9.17, 15) is 13.6 Å². The third-order valence-corrected chi connectivity index (χ3v) is 8.37. The lowest BCUT2D eigenvalue weighted by Crippen LogP contribution is -2.57. The van der Waals surface area contributed by atoms with Gasteiger partial charge in [-0.1, -0.05) is 6.42 Å². The van der Waals surface area contributed by atoms with E-state index in [1.54, 1.807) is 18.9 Å². The van der Waals surface area contributed by atoms with Gasteiger partial charge in [-0.3, -0.25) is 14.8 Å². The van der Waals surface area contributed by atoms with Crippen LogP contribution in [-0.2, 0) is 10.5 Å². The summed E-state index contributed by atoms with van der Waals surface area (Å²) in [5, 5.41) is 7.37. The standard InChI is InChI=1S/C16H17N3O3S.C10H18F2N2/c1-21-10-2-3-11-13(8-10)23-9-12-14(11)17-18-15(12)16(20)19-4-6-22-7-5-19;11-10(12)8-14(9-10)7-6-13-4-2-1-3-5-13/h2-3,8H,4-7,9H2,1H3,(H,17,18);1-9H2. The van der Waals surface area contributed by atoms with Gasteiger partial charge in [0, 0.05) is 48.0 Å². The quantitative estimate of drug-likeness (QED) is 0.627. The Morgan fingerprint density at radius 3 is 2.54 bits per heavy atom. The highest BCUT2D eigenvalue weighted by Gasteiger charge is 2.43. The van der Waals surface area contributed by atoms with Crippen molar-refractivity contribution in [2.75, 3.05) is 72.7 Å². The molecule has 37 heavy (non-hydrogen) atoms. The summed E-state index contributed by atoms with van der Waals surface area (Å²) in [7, 11) is 1.66. The van der Waals surface area contributed by atoms with Crippen LogP contribution in [0.15, 0.2) is 23.1 Å². The van der Waals surface area contributed by atoms with Gasteiger partial charge in [0.2, 0.25) is 0 Å². The zero-order valence-electron chi connectivity index (χ0n) is 21.3. The number of H-pyrrole nitrogens is 1. The number of aromatic amines is 1. The number of benzene rings is 1. The van der Waals surface area contributed by atoms with Gasteiger partial charge in [0.25, 0.3) is 11.8 Å². The number of alkyl halides is 2. The molecule has 0 unspecified atom stereocenters. The maximum Gasteiger partial charge on any atom is 0.272 e. The van der Waals surface area contributed by atoms with E-state index >= 15 is 0 Å². The Bertz CT molecular complexity index is 1080. The number of piperidine rings is 1. The van der Waals surface area contributed by atoms with Crippen molar-refractivity contribution in [3.05, 3.63) is 29.5 Å². The number of carbonyl (C=O) groups is 1. The SMILES string of the molecule is COc1ccc2c(c1)SCc1c-2n[nH]c1C(=O)N1CCOCC1.FC1(F)CN(CCN2CCCCC2)C1. The van der Waals surface area contributed by atoms with Crippen LogP contribution in [0.4, 0.5) is 8.78 Å². The molecule has 4 aliphatic heterocycles. The molecule has 0 aliphatic carbocycles. The molecule has 6 rings (SSSR count). The van der Waals surface area contributed by atoms with Gasteiger partial charge in [-0.25, -0.2) is 8.78 Å². The summed E-state index contributed by atoms with van der Waals surface area (Å²) in [5.74, 6) is -0.821. The van der Waals surface area contributed by atoms with Gasteiger partial charge >= 0.3 is 0 Å². The number of nitrogens with one attached hydrogen (secondary N) is 1. The summed E-state index contributed by atoms with van der Waals surface area (Å²) in [6, 6.07) is 5.94. The smallest absolute Gasteiger partial charge is 0.272 e. The van der Waals surface area contributed by atoms with Crippen LogP contribution in [0.3, 0.4) is 0 Å². The van der Waals surface area contributed by atoms with E-state index in [4.69, 9.17) is 9.47 Å². The van der Waals surface area contributed by atoms with E-state index in [-0.39, 0.29) is 19.0 Å². The lowest BCUT2D eigenvalue weighted by atomic mass is 10.1. The molecule has 0 radical (unpaired) electrons. The Balaban J connectivity index is 0.000000171. The highest BCUT2D eigenvalue weighted by atomic mass is 32.2. The summed E-state index contributed by atoms with van der Waals surface area (Å²) < 4.78 is 35.6. The lowest BCUT2D eigenvalue weighted by molar-refractivity contribution is -0.131. The van der Waals surface area contributed by atoms with Crippen LogP contribution in [0.25, 0.3) is 11.3 Å². The molecule has 11 heteroatoms. The topological polar surface area (TPSA) is 73.9 Å². The summed E-state index contributed by atoms with van der Waals surface area (Å²) in [4.78, 5) is 19.9. The first-order chi connectivity index (χ1) is 17.9. The minimum atomic E-state index is -2.40. The molecule has 1 amide bonds. The van der Waals surface area contributed by atoms with Crippen LogP contribution in [0.1, 0.15) is 35.3 Å². The molecule has 4 aliphatic rings. The second-order valence-electron chi connectivity index (χ2n) is 9.95. The summed E-state index contributed by atoms with van der Waals surface area (Å²) in [5.41, 5.74) is 3.52. The number of nitrogens with zero attached hydrogens (tertiary/aromatic N) is 4. The van der Waals surface area contributed by atoms with E-state index < -0.39 is 5.92 Å². The van der Waals surface area contributed by atoms with Gasteiger partial charge in [-0.2, -0.15) is 5.10 Å². The van der Waals surface area contributed by atoms with Crippen molar-refractivity contribution in [3.63, 3.8) is 0 Å². The number of methoxy groups -OCH3 is 1. The van der Waals surface area contributed by atoms with Gasteiger partial charge in [0.05, 0.1) is 39.1 Å². The molecule has 0 spiro atoms. The number of thioether (sulfide) groups is 1. The third-order valence-electron chi connectivity index (χ3n) is 7.29. The number of amides is 1. The van der Waals surface area contributed by atoms with Crippen molar-refractivity contribution in [2.45, 2.75) is 35.8 Å². The average Bonchev–Trinajstić information content (AvgIpc) is 3.36. The molecule has 2 aromatic rings. The largest absolute Gasteiger partial charge is 0.497 e. The Labute approximate surface area is 220 Å². The van der Waals surface area contributed by atoms with Gasteiger partial charge in [-0.15, -0.1) is 11.8 Å². The summed E-state index contributed by atoms with van der Waals surface area (Å²) >= 11 is 1.71. The van der Waals surface area contributed by atoms with Crippen molar-refractivity contribution < 1.29 is 23.0 Å². The monoisotopic (exact) mass is 535 g/mol. The maximum atomic E-state index is 12.7. The van der Waals surface area contributed by atoms with Gasteiger partial charge in [0.1, 0.15) is 11.4 Å². The fourth-order valence-corrected chi connectivity index (χ4v) is 6.26. The van der Waals surface area contributed by atoms with Crippen molar-refractivity contribution in [1.82, 2.24) is 24.9 Å². The zero-order chi connectivity index (χ0) is 25.8. The number of fused-ring (bicyclic) bond motifs is 3. The van der Waals surface area contributed by atoms with Crippen molar-refractivity contribution in [3.8, 4) is 17.0 Å². The summed E-state index contributed by atoms with van der Waals surface area (Å²) in [6.07, 6.45) is 3.88. The molecule has 5 heterocycles. The molecule has 202 valence electrons. The molecule has 0 bridgehead atoms. The first-order valence-corrected chi connectivity index (χ1v) is 14.0. The number of morpholine rings is 1. The maximum absolute atomic E-state index is 12.7. The fourth-order valence-electron chi connectivity index (χ4n) is 5.16. The molecular formula is C26H35F2N5O3S. The zero-order valence-corrected chi connectivity index (χ0v) is 22.1. The van der Waals surface area contributed by atoms with E-state index in [0.29, 0.717) is 32.0 Å².